The van der Waals surface area contributed by atoms with Crippen LogP contribution in [-0.2, 0) is 14.3 Å². The van der Waals surface area contributed by atoms with Gasteiger partial charge in [0.25, 0.3) is 11.1 Å². The average Bonchev–Trinajstić information content (AvgIpc) is 3.16. The van der Waals surface area contributed by atoms with Gasteiger partial charge in [0.05, 0.1) is 11.0 Å². The van der Waals surface area contributed by atoms with Crippen molar-refractivity contribution >= 4 is 46.6 Å². The first kappa shape index (κ1) is 19.3. The molecule has 1 aliphatic heterocycles. The highest BCUT2D eigenvalue weighted by Gasteiger charge is 2.37. The maximum atomic E-state index is 12.4. The molecule has 1 aliphatic rings. The van der Waals surface area contributed by atoms with E-state index in [2.05, 4.69) is 0 Å². The third-order valence-electron chi connectivity index (χ3n) is 3.56. The second-order valence-corrected chi connectivity index (χ2v) is 7.45. The standard InChI is InChI=1S/C19H16ClNO5S/c1-11(2)25-17(22)10-21-18(23)16(27-19(21)24)9-14-7-8-15(26-14)12-3-5-13(20)6-4-12/h3-9,11H,10H2,1-2H3/b16-9+. The highest BCUT2D eigenvalue weighted by Crippen LogP contribution is 2.33. The van der Waals surface area contributed by atoms with Gasteiger partial charge in [0.1, 0.15) is 18.1 Å². The summed E-state index contributed by atoms with van der Waals surface area (Å²) in [6, 6.07) is 10.6. The molecule has 0 spiro atoms. The number of halogens is 1. The first-order valence-electron chi connectivity index (χ1n) is 8.14. The van der Waals surface area contributed by atoms with Gasteiger partial charge in [0, 0.05) is 16.7 Å². The van der Waals surface area contributed by atoms with E-state index in [0.29, 0.717) is 16.5 Å². The van der Waals surface area contributed by atoms with Crippen LogP contribution in [0.1, 0.15) is 19.6 Å². The summed E-state index contributed by atoms with van der Waals surface area (Å²) in [6.45, 7) is 2.98. The molecule has 0 saturated carbocycles. The van der Waals surface area contributed by atoms with Crippen LogP contribution in [0.3, 0.4) is 0 Å². The van der Waals surface area contributed by atoms with Crippen LogP contribution < -0.4 is 0 Å². The molecule has 0 N–H and O–H groups in total. The summed E-state index contributed by atoms with van der Waals surface area (Å²) in [6.07, 6.45) is 1.17. The number of carbonyl (C=O) groups excluding carboxylic acids is 3. The highest BCUT2D eigenvalue weighted by atomic mass is 35.5. The number of rotatable bonds is 5. The summed E-state index contributed by atoms with van der Waals surface area (Å²) in [5, 5.41) is 0.103. The lowest BCUT2D eigenvalue weighted by Crippen LogP contribution is -2.35. The van der Waals surface area contributed by atoms with Crippen molar-refractivity contribution in [1.29, 1.82) is 0 Å². The topological polar surface area (TPSA) is 76.8 Å². The summed E-state index contributed by atoms with van der Waals surface area (Å²) < 4.78 is 10.7. The van der Waals surface area contributed by atoms with Crippen LogP contribution in [0.2, 0.25) is 5.02 Å². The molecule has 6 nitrogen and oxygen atoms in total. The van der Waals surface area contributed by atoms with Crippen molar-refractivity contribution in [2.24, 2.45) is 0 Å². The maximum Gasteiger partial charge on any atom is 0.326 e. The van der Waals surface area contributed by atoms with E-state index in [1.165, 1.54) is 6.08 Å². The number of hydrogen-bond acceptors (Lipinski definition) is 6. The summed E-state index contributed by atoms with van der Waals surface area (Å²) in [4.78, 5) is 37.2. The number of benzene rings is 1. The van der Waals surface area contributed by atoms with Crippen molar-refractivity contribution in [3.63, 3.8) is 0 Å². The van der Waals surface area contributed by atoms with E-state index in [-0.39, 0.29) is 11.0 Å². The SMILES string of the molecule is CC(C)OC(=O)CN1C(=O)S/C(=C/c2ccc(-c3ccc(Cl)cc3)o2)C1=O. The van der Waals surface area contributed by atoms with Crippen molar-refractivity contribution in [3.8, 4) is 11.3 Å². The zero-order valence-corrected chi connectivity index (χ0v) is 16.2. The van der Waals surface area contributed by atoms with Gasteiger partial charge in [-0.1, -0.05) is 11.6 Å². The maximum absolute atomic E-state index is 12.4. The number of carbonyl (C=O) groups is 3. The minimum Gasteiger partial charge on any atom is -0.462 e. The molecule has 8 heteroatoms. The molecule has 2 aromatic rings. The van der Waals surface area contributed by atoms with Crippen LogP contribution in [0, 0.1) is 0 Å². The summed E-state index contributed by atoms with van der Waals surface area (Å²) in [7, 11) is 0. The normalized spacial score (nSPS) is 15.9. The average molecular weight is 406 g/mol. The van der Waals surface area contributed by atoms with Crippen molar-refractivity contribution in [3.05, 3.63) is 52.1 Å². The highest BCUT2D eigenvalue weighted by molar-refractivity contribution is 8.18. The number of thioether (sulfide) groups is 1. The van der Waals surface area contributed by atoms with Crippen LogP contribution in [0.5, 0.6) is 0 Å². The van der Waals surface area contributed by atoms with E-state index in [1.807, 2.05) is 12.1 Å². The predicted molar refractivity (Wildman–Crippen MR) is 103 cm³/mol. The molecular formula is C19H16ClNO5S. The van der Waals surface area contributed by atoms with E-state index in [4.69, 9.17) is 20.8 Å². The Morgan fingerprint density at radius 3 is 2.59 bits per heavy atom. The van der Waals surface area contributed by atoms with Crippen molar-refractivity contribution < 1.29 is 23.5 Å². The predicted octanol–water partition coefficient (Wildman–Crippen LogP) is 4.59. The van der Waals surface area contributed by atoms with Gasteiger partial charge in [0.15, 0.2) is 0 Å². The Hall–Kier alpha value is -2.51. The molecule has 0 bridgehead atoms. The monoisotopic (exact) mass is 405 g/mol. The number of amides is 2. The molecule has 0 unspecified atom stereocenters. The number of nitrogens with zero attached hydrogens (tertiary/aromatic N) is 1. The van der Waals surface area contributed by atoms with E-state index < -0.39 is 23.7 Å². The molecule has 1 aromatic carbocycles. The zero-order chi connectivity index (χ0) is 19.6. The van der Waals surface area contributed by atoms with Gasteiger partial charge in [-0.3, -0.25) is 19.3 Å². The largest absolute Gasteiger partial charge is 0.462 e. The fourth-order valence-electron chi connectivity index (χ4n) is 2.39. The number of esters is 1. The van der Waals surface area contributed by atoms with Crippen LogP contribution in [0.15, 0.2) is 45.7 Å². The molecule has 0 radical (unpaired) electrons. The van der Waals surface area contributed by atoms with E-state index in [1.54, 1.807) is 38.1 Å². The number of furan rings is 1. The van der Waals surface area contributed by atoms with Crippen LogP contribution >= 0.6 is 23.4 Å². The molecule has 1 saturated heterocycles. The minimum atomic E-state index is -0.628. The molecule has 3 rings (SSSR count). The molecule has 140 valence electrons. The first-order chi connectivity index (χ1) is 12.8. The molecule has 0 atom stereocenters. The quantitative estimate of drug-likeness (QED) is 0.535. The molecule has 1 fully saturated rings. The number of hydrogen-bond donors (Lipinski definition) is 0. The van der Waals surface area contributed by atoms with Crippen LogP contribution in [0.25, 0.3) is 17.4 Å². The first-order valence-corrected chi connectivity index (χ1v) is 9.33. The lowest BCUT2D eigenvalue weighted by Gasteiger charge is -2.13. The minimum absolute atomic E-state index is 0.189. The van der Waals surface area contributed by atoms with Gasteiger partial charge in [-0.05, 0) is 62.0 Å². The Labute approximate surface area is 165 Å². The van der Waals surface area contributed by atoms with E-state index in [9.17, 15) is 14.4 Å². The summed E-state index contributed by atoms with van der Waals surface area (Å²) in [5.41, 5.74) is 0.837. The third kappa shape index (κ3) is 4.61. The number of imide groups is 1. The molecule has 2 heterocycles. The number of ether oxygens (including phenoxy) is 1. The second kappa shape index (κ2) is 8.02. The van der Waals surface area contributed by atoms with Gasteiger partial charge < -0.3 is 9.15 Å². The summed E-state index contributed by atoms with van der Waals surface area (Å²) in [5.74, 6) is -0.139. The molecule has 27 heavy (non-hydrogen) atoms. The van der Waals surface area contributed by atoms with E-state index in [0.717, 1.165) is 22.2 Å². The Morgan fingerprint density at radius 1 is 1.22 bits per heavy atom. The smallest absolute Gasteiger partial charge is 0.326 e. The second-order valence-electron chi connectivity index (χ2n) is 6.02. The van der Waals surface area contributed by atoms with Gasteiger partial charge in [-0.15, -0.1) is 0 Å². The van der Waals surface area contributed by atoms with Gasteiger partial charge in [-0.2, -0.15) is 0 Å². The zero-order valence-electron chi connectivity index (χ0n) is 14.6. The molecule has 1 aromatic heterocycles. The van der Waals surface area contributed by atoms with Crippen molar-refractivity contribution in [2.75, 3.05) is 6.54 Å². The third-order valence-corrected chi connectivity index (χ3v) is 4.72. The van der Waals surface area contributed by atoms with Gasteiger partial charge in [-0.25, -0.2) is 0 Å². The lowest BCUT2D eigenvalue weighted by atomic mass is 10.2. The van der Waals surface area contributed by atoms with E-state index >= 15 is 0 Å². The Balaban J connectivity index is 1.74. The molecule has 2 amide bonds. The Morgan fingerprint density at radius 2 is 1.93 bits per heavy atom. The van der Waals surface area contributed by atoms with Crippen molar-refractivity contribution in [2.45, 2.75) is 20.0 Å². The molecule has 0 aliphatic carbocycles. The van der Waals surface area contributed by atoms with Gasteiger partial charge >= 0.3 is 5.97 Å². The fourth-order valence-corrected chi connectivity index (χ4v) is 3.34. The van der Waals surface area contributed by atoms with Crippen molar-refractivity contribution in [1.82, 2.24) is 4.90 Å². The Kier molecular flexibility index (Phi) is 5.72. The fraction of sp³-hybridized carbons (Fsp3) is 0.211. The summed E-state index contributed by atoms with van der Waals surface area (Å²) >= 11 is 6.63. The van der Waals surface area contributed by atoms with Crippen LogP contribution in [-0.4, -0.2) is 34.7 Å². The van der Waals surface area contributed by atoms with Crippen LogP contribution in [0.4, 0.5) is 4.79 Å². The lowest BCUT2D eigenvalue weighted by molar-refractivity contribution is -0.149. The Bertz CT molecular complexity index is 916. The van der Waals surface area contributed by atoms with Gasteiger partial charge in [0.2, 0.25) is 0 Å². The molecular weight excluding hydrogens is 390 g/mol.